The molecule has 9 heteroatoms. The second-order valence-electron chi connectivity index (χ2n) is 6.76. The van der Waals surface area contributed by atoms with Crippen LogP contribution in [0, 0.1) is 0 Å². The second-order valence-corrected chi connectivity index (χ2v) is 7.83. The largest absolute Gasteiger partial charge is 0.462 e. The van der Waals surface area contributed by atoms with Gasteiger partial charge in [-0.1, -0.05) is 48.2 Å². The van der Waals surface area contributed by atoms with Gasteiger partial charge in [-0.15, -0.1) is 0 Å². The van der Waals surface area contributed by atoms with Gasteiger partial charge < -0.3 is 25.7 Å². The first-order valence-corrected chi connectivity index (χ1v) is 10.4. The number of nitrogens with zero attached hydrogens (tertiary/aromatic N) is 1. The van der Waals surface area contributed by atoms with Crippen molar-refractivity contribution < 1.29 is 19.7 Å². The lowest BCUT2D eigenvalue weighted by Gasteiger charge is -2.14. The quantitative estimate of drug-likeness (QED) is 0.236. The van der Waals surface area contributed by atoms with E-state index < -0.39 is 23.9 Å². The number of benzene rings is 2. The number of nitrogens with two attached hydrogens (primary N) is 1. The van der Waals surface area contributed by atoms with Crippen LogP contribution in [0.25, 0.3) is 11.1 Å². The molecule has 0 aliphatic carbocycles. The maximum absolute atomic E-state index is 12.2. The topological polar surface area (TPSA) is 139 Å². The van der Waals surface area contributed by atoms with Crippen LogP contribution in [0.15, 0.2) is 69.6 Å². The summed E-state index contributed by atoms with van der Waals surface area (Å²) in [7, 11) is 0. The van der Waals surface area contributed by atoms with Crippen LogP contribution in [0.3, 0.4) is 0 Å². The maximum Gasteiger partial charge on any atom is 0.345 e. The van der Waals surface area contributed by atoms with Crippen LogP contribution >= 0.6 is 11.8 Å². The molecule has 8 nitrogen and oxygen atoms in total. The zero-order chi connectivity index (χ0) is 22.4. The molecule has 1 heterocycles. The van der Waals surface area contributed by atoms with Gasteiger partial charge in [0.1, 0.15) is 5.56 Å². The molecule has 1 unspecified atom stereocenters. The molecule has 0 aliphatic heterocycles. The summed E-state index contributed by atoms with van der Waals surface area (Å²) in [4.78, 5) is 31.5. The van der Waals surface area contributed by atoms with Crippen molar-refractivity contribution in [3.05, 3.63) is 76.2 Å². The number of rotatable bonds is 8. The third-order valence-electron chi connectivity index (χ3n) is 4.43. The normalized spacial score (nSPS) is 12.0. The lowest BCUT2D eigenvalue weighted by Crippen LogP contribution is -2.36. The summed E-state index contributed by atoms with van der Waals surface area (Å²) in [6, 6.07) is 14.6. The van der Waals surface area contributed by atoms with Gasteiger partial charge in [-0.2, -0.15) is 0 Å². The van der Waals surface area contributed by atoms with Crippen LogP contribution in [0.1, 0.15) is 22.8 Å². The first-order valence-electron chi connectivity index (χ1n) is 9.62. The molecular formula is C22H23N3O5S. The molecule has 0 saturated carbocycles. The number of H-pyrrole nitrogens is 1. The monoisotopic (exact) mass is 441 g/mol. The van der Waals surface area contributed by atoms with Gasteiger partial charge in [-0.05, 0) is 42.2 Å². The number of aromatic nitrogens is 2. The molecule has 3 rings (SSSR count). The van der Waals surface area contributed by atoms with Crippen LogP contribution in [0.5, 0.6) is 0 Å². The molecule has 0 saturated heterocycles. The molecule has 0 spiro atoms. The number of nitrogens with one attached hydrogen (secondary N) is 1. The zero-order valence-corrected chi connectivity index (χ0v) is 17.6. The van der Waals surface area contributed by atoms with Crippen molar-refractivity contribution in [2.24, 2.45) is 5.73 Å². The second kappa shape index (κ2) is 10.4. The van der Waals surface area contributed by atoms with Gasteiger partial charge >= 0.3 is 5.97 Å². The van der Waals surface area contributed by atoms with Crippen molar-refractivity contribution in [3.63, 3.8) is 0 Å². The minimum Gasteiger partial charge on any atom is -0.462 e. The number of carbonyl (C=O) groups excluding carboxylic acids is 1. The highest BCUT2D eigenvalue weighted by Gasteiger charge is 2.14. The number of carbonyl (C=O) groups is 1. The molecule has 3 aromatic rings. The number of hydrogen-bond donors (Lipinski definition) is 4. The van der Waals surface area contributed by atoms with Gasteiger partial charge in [-0.25, -0.2) is 9.78 Å². The Balaban J connectivity index is 1.79. The first kappa shape index (κ1) is 22.7. The number of aliphatic hydroxyl groups is 2. The molecule has 0 bridgehead atoms. The van der Waals surface area contributed by atoms with E-state index in [1.54, 1.807) is 6.92 Å². The molecule has 1 aromatic heterocycles. The summed E-state index contributed by atoms with van der Waals surface area (Å²) in [5.41, 5.74) is 7.82. The van der Waals surface area contributed by atoms with Crippen molar-refractivity contribution in [1.82, 2.24) is 9.97 Å². The first-order chi connectivity index (χ1) is 14.9. The Hall–Kier alpha value is -2.98. The Labute approximate surface area is 183 Å². The molecule has 1 atom stereocenters. The minimum atomic E-state index is -1.58. The van der Waals surface area contributed by atoms with Gasteiger partial charge in [0.2, 0.25) is 0 Å². The summed E-state index contributed by atoms with van der Waals surface area (Å²) in [5.74, 6) is -0.705. The number of hydrogen-bond acceptors (Lipinski definition) is 8. The standard InChI is InChI=1S/C22H23N3O5S/c1-2-30-21(29)17-12-24-22(25-19(17)26)31-16-8-4-7-15(11-16)14-6-3-5-13(9-14)10-18(23)20(27)28/h3-9,11-12,18,20,27-28H,2,10,23H2,1H3,(H,24,25,26). The SMILES string of the molecule is CCOC(=O)c1cnc(Sc2cccc(-c3cccc(CC(N)C(O)O)c3)c2)[nH]c1=O. The molecule has 2 aromatic carbocycles. The minimum absolute atomic E-state index is 0.136. The van der Waals surface area contributed by atoms with Gasteiger partial charge in [0.25, 0.3) is 5.56 Å². The van der Waals surface area contributed by atoms with E-state index in [-0.39, 0.29) is 12.2 Å². The molecule has 0 radical (unpaired) electrons. The molecule has 0 aliphatic rings. The predicted molar refractivity (Wildman–Crippen MR) is 117 cm³/mol. The molecule has 5 N–H and O–H groups in total. The van der Waals surface area contributed by atoms with Crippen molar-refractivity contribution in [1.29, 1.82) is 0 Å². The van der Waals surface area contributed by atoms with Crippen LogP contribution in [0.2, 0.25) is 0 Å². The van der Waals surface area contributed by atoms with Crippen LogP contribution in [-0.2, 0) is 11.2 Å². The van der Waals surface area contributed by atoms with Crippen LogP contribution in [-0.4, -0.2) is 45.1 Å². The highest BCUT2D eigenvalue weighted by Crippen LogP contribution is 2.29. The molecule has 0 fully saturated rings. The van der Waals surface area contributed by atoms with Gasteiger partial charge in [0.15, 0.2) is 11.4 Å². The Morgan fingerprint density at radius 1 is 1.19 bits per heavy atom. The van der Waals surface area contributed by atoms with E-state index in [9.17, 15) is 19.8 Å². The maximum atomic E-state index is 12.2. The Bertz CT molecular complexity index is 1120. The van der Waals surface area contributed by atoms with E-state index in [1.807, 2.05) is 48.5 Å². The zero-order valence-electron chi connectivity index (χ0n) is 16.8. The summed E-state index contributed by atoms with van der Waals surface area (Å²) in [6.07, 6.45) is -0.0308. The third kappa shape index (κ3) is 6.02. The van der Waals surface area contributed by atoms with Crippen molar-refractivity contribution in [2.75, 3.05) is 6.61 Å². The lowest BCUT2D eigenvalue weighted by molar-refractivity contribution is -0.0577. The Morgan fingerprint density at radius 2 is 1.90 bits per heavy atom. The van der Waals surface area contributed by atoms with E-state index in [1.165, 1.54) is 18.0 Å². The van der Waals surface area contributed by atoms with Crippen LogP contribution < -0.4 is 11.3 Å². The third-order valence-corrected chi connectivity index (χ3v) is 5.33. The number of aliphatic hydroxyl groups excluding tert-OH is 1. The molecular weight excluding hydrogens is 418 g/mol. The fraction of sp³-hybridized carbons (Fsp3) is 0.227. The fourth-order valence-corrected chi connectivity index (χ4v) is 3.70. The summed E-state index contributed by atoms with van der Waals surface area (Å²) >= 11 is 1.26. The molecule has 162 valence electrons. The van der Waals surface area contributed by atoms with Crippen molar-refractivity contribution in [2.45, 2.75) is 35.7 Å². The lowest BCUT2D eigenvalue weighted by atomic mass is 9.99. The summed E-state index contributed by atoms with van der Waals surface area (Å²) in [5, 5.41) is 18.8. The van der Waals surface area contributed by atoms with E-state index in [2.05, 4.69) is 9.97 Å². The van der Waals surface area contributed by atoms with E-state index in [4.69, 9.17) is 10.5 Å². The average Bonchev–Trinajstić information content (AvgIpc) is 2.74. The highest BCUT2D eigenvalue weighted by molar-refractivity contribution is 7.99. The van der Waals surface area contributed by atoms with Gasteiger partial charge in [-0.3, -0.25) is 4.79 Å². The number of aromatic amines is 1. The average molecular weight is 442 g/mol. The van der Waals surface area contributed by atoms with E-state index >= 15 is 0 Å². The van der Waals surface area contributed by atoms with Crippen molar-refractivity contribution >= 4 is 17.7 Å². The summed E-state index contributed by atoms with van der Waals surface area (Å²) in [6.45, 7) is 1.84. The number of esters is 1. The summed E-state index contributed by atoms with van der Waals surface area (Å²) < 4.78 is 4.84. The van der Waals surface area contributed by atoms with Crippen LogP contribution in [0.4, 0.5) is 0 Å². The van der Waals surface area contributed by atoms with E-state index in [0.717, 1.165) is 21.6 Å². The van der Waals surface area contributed by atoms with Gasteiger partial charge in [0, 0.05) is 11.1 Å². The Morgan fingerprint density at radius 3 is 2.58 bits per heavy atom. The fourth-order valence-electron chi connectivity index (χ4n) is 2.89. The predicted octanol–water partition coefficient (Wildman–Crippen LogP) is 1.95. The Kier molecular flexibility index (Phi) is 7.59. The molecule has 31 heavy (non-hydrogen) atoms. The molecule has 0 amide bonds. The smallest absolute Gasteiger partial charge is 0.345 e. The van der Waals surface area contributed by atoms with E-state index in [0.29, 0.717) is 11.6 Å². The van der Waals surface area contributed by atoms with Crippen molar-refractivity contribution in [3.8, 4) is 11.1 Å². The van der Waals surface area contributed by atoms with Gasteiger partial charge in [0.05, 0.1) is 12.6 Å². The number of ether oxygens (including phenoxy) is 1. The highest BCUT2D eigenvalue weighted by atomic mass is 32.2.